The molecule has 252 valence electrons. The second kappa shape index (κ2) is 10.7. The van der Waals surface area contributed by atoms with Gasteiger partial charge in [-0.25, -0.2) is 0 Å². The number of hydrogen-bond donors (Lipinski definition) is 0. The Morgan fingerprint density at radius 1 is 0.333 bits per heavy atom. The molecule has 0 saturated heterocycles. The lowest BCUT2D eigenvalue weighted by Gasteiger charge is -2.23. The van der Waals surface area contributed by atoms with Gasteiger partial charge in [0, 0.05) is 16.4 Å². The number of hydrogen-bond acceptors (Lipinski definition) is 1. The van der Waals surface area contributed by atoms with Gasteiger partial charge in [-0.1, -0.05) is 141 Å². The van der Waals surface area contributed by atoms with Crippen LogP contribution >= 0.6 is 0 Å². The first-order chi connectivity index (χ1) is 26.5. The van der Waals surface area contributed by atoms with Crippen molar-refractivity contribution in [3.05, 3.63) is 181 Å². The van der Waals surface area contributed by atoms with Gasteiger partial charge in [0.05, 0.1) is 0 Å². The molecule has 10 aromatic rings. The van der Waals surface area contributed by atoms with Crippen molar-refractivity contribution in [3.63, 3.8) is 0 Å². The van der Waals surface area contributed by atoms with Crippen LogP contribution in [0.1, 0.15) is 25.0 Å². The first kappa shape index (κ1) is 29.8. The molecule has 0 atom stereocenters. The molecular formula is C53H34O. The van der Waals surface area contributed by atoms with Crippen LogP contribution in [0, 0.1) is 0 Å². The third-order valence-corrected chi connectivity index (χ3v) is 12.4. The maximum absolute atomic E-state index is 6.41. The van der Waals surface area contributed by atoms with Crippen LogP contribution in [0.15, 0.2) is 170 Å². The van der Waals surface area contributed by atoms with E-state index in [9.17, 15) is 0 Å². The monoisotopic (exact) mass is 686 g/mol. The molecule has 0 saturated carbocycles. The summed E-state index contributed by atoms with van der Waals surface area (Å²) in [6, 6.07) is 63.0. The molecular weight excluding hydrogens is 653 g/mol. The van der Waals surface area contributed by atoms with Crippen LogP contribution in [0.25, 0.3) is 98.7 Å². The fourth-order valence-corrected chi connectivity index (χ4v) is 9.70. The van der Waals surface area contributed by atoms with E-state index in [1.807, 2.05) is 0 Å². The summed E-state index contributed by atoms with van der Waals surface area (Å²) in [5, 5.41) is 10.3. The molecule has 0 aromatic heterocycles. The van der Waals surface area contributed by atoms with Gasteiger partial charge in [0.15, 0.2) is 0 Å². The summed E-state index contributed by atoms with van der Waals surface area (Å²) in [5.41, 5.74) is 15.1. The van der Waals surface area contributed by atoms with Crippen molar-refractivity contribution >= 4 is 43.1 Å². The zero-order chi connectivity index (χ0) is 35.7. The summed E-state index contributed by atoms with van der Waals surface area (Å²) in [6.07, 6.45) is 0. The molecule has 1 heteroatoms. The molecule has 1 aliphatic heterocycles. The SMILES string of the molecule is CC1(C)c2cc(-c3ccc4c(c3)-c3cccc5cccc(c35)O4)ccc2-c2ccc(-c3cc4ccc5ccc(-c6ccccc6)c6ccc(c3)c4c56)cc21. The van der Waals surface area contributed by atoms with Crippen molar-refractivity contribution in [1.29, 1.82) is 0 Å². The molecule has 1 aliphatic carbocycles. The summed E-state index contributed by atoms with van der Waals surface area (Å²) >= 11 is 0. The molecule has 0 bridgehead atoms. The summed E-state index contributed by atoms with van der Waals surface area (Å²) in [5.74, 6) is 1.84. The van der Waals surface area contributed by atoms with Gasteiger partial charge in [-0.2, -0.15) is 0 Å². The Kier molecular flexibility index (Phi) is 5.90. The van der Waals surface area contributed by atoms with Crippen molar-refractivity contribution in [2.45, 2.75) is 19.3 Å². The highest BCUT2D eigenvalue weighted by Crippen LogP contribution is 2.52. The molecule has 12 rings (SSSR count). The maximum atomic E-state index is 6.41. The Balaban J connectivity index is 0.937. The largest absolute Gasteiger partial charge is 0.456 e. The fraction of sp³-hybridized carbons (Fsp3) is 0.0566. The predicted octanol–water partition coefficient (Wildman–Crippen LogP) is 14.8. The van der Waals surface area contributed by atoms with Gasteiger partial charge in [-0.15, -0.1) is 0 Å². The average Bonchev–Trinajstić information content (AvgIpc) is 3.44. The minimum Gasteiger partial charge on any atom is -0.456 e. The first-order valence-electron chi connectivity index (χ1n) is 18.9. The third-order valence-electron chi connectivity index (χ3n) is 12.4. The van der Waals surface area contributed by atoms with Crippen molar-refractivity contribution in [3.8, 4) is 67.1 Å². The van der Waals surface area contributed by atoms with Gasteiger partial charge < -0.3 is 4.74 Å². The van der Waals surface area contributed by atoms with Gasteiger partial charge >= 0.3 is 0 Å². The molecule has 54 heavy (non-hydrogen) atoms. The van der Waals surface area contributed by atoms with Crippen molar-refractivity contribution in [2.24, 2.45) is 0 Å². The van der Waals surface area contributed by atoms with Crippen LogP contribution < -0.4 is 4.74 Å². The van der Waals surface area contributed by atoms with Gasteiger partial charge in [0.2, 0.25) is 0 Å². The van der Waals surface area contributed by atoms with E-state index in [0.717, 1.165) is 17.1 Å². The van der Waals surface area contributed by atoms with E-state index in [1.54, 1.807) is 0 Å². The second-order valence-electron chi connectivity index (χ2n) is 15.7. The highest BCUT2D eigenvalue weighted by Gasteiger charge is 2.36. The molecule has 0 radical (unpaired) electrons. The Morgan fingerprint density at radius 3 is 1.72 bits per heavy atom. The van der Waals surface area contributed by atoms with Gasteiger partial charge in [-0.3, -0.25) is 0 Å². The number of ether oxygens (including phenoxy) is 1. The molecule has 1 nitrogen and oxygen atoms in total. The number of fused-ring (bicyclic) bond motifs is 5. The van der Waals surface area contributed by atoms with E-state index in [-0.39, 0.29) is 5.41 Å². The molecule has 0 unspecified atom stereocenters. The topological polar surface area (TPSA) is 9.23 Å². The molecule has 0 N–H and O–H groups in total. The summed E-state index contributed by atoms with van der Waals surface area (Å²) < 4.78 is 6.41. The summed E-state index contributed by atoms with van der Waals surface area (Å²) in [6.45, 7) is 4.77. The van der Waals surface area contributed by atoms with E-state index in [2.05, 4.69) is 184 Å². The lowest BCUT2D eigenvalue weighted by Crippen LogP contribution is -2.15. The zero-order valence-corrected chi connectivity index (χ0v) is 30.1. The molecule has 0 spiro atoms. The number of benzene rings is 10. The van der Waals surface area contributed by atoms with Crippen LogP contribution in [-0.2, 0) is 5.41 Å². The van der Waals surface area contributed by atoms with Gasteiger partial charge in [0.1, 0.15) is 11.5 Å². The van der Waals surface area contributed by atoms with Crippen LogP contribution in [0.3, 0.4) is 0 Å². The van der Waals surface area contributed by atoms with Gasteiger partial charge in [-0.05, 0) is 141 Å². The second-order valence-corrected chi connectivity index (χ2v) is 15.7. The third kappa shape index (κ3) is 4.10. The van der Waals surface area contributed by atoms with Gasteiger partial charge in [0.25, 0.3) is 0 Å². The first-order valence-corrected chi connectivity index (χ1v) is 18.9. The van der Waals surface area contributed by atoms with E-state index >= 15 is 0 Å². The molecule has 10 aromatic carbocycles. The Morgan fingerprint density at radius 2 is 0.944 bits per heavy atom. The van der Waals surface area contributed by atoms with Crippen LogP contribution in [0.4, 0.5) is 0 Å². The Bertz CT molecular complexity index is 3180. The average molecular weight is 687 g/mol. The lowest BCUT2D eigenvalue weighted by molar-refractivity contribution is 0.487. The predicted molar refractivity (Wildman–Crippen MR) is 227 cm³/mol. The Hall–Kier alpha value is -6.70. The highest BCUT2D eigenvalue weighted by atomic mass is 16.5. The normalized spacial score (nSPS) is 13.7. The smallest absolute Gasteiger partial charge is 0.135 e. The number of rotatable bonds is 3. The minimum absolute atomic E-state index is 0.150. The Labute approximate surface area is 314 Å². The molecule has 2 aliphatic rings. The highest BCUT2D eigenvalue weighted by molar-refractivity contribution is 6.26. The molecule has 0 amide bonds. The zero-order valence-electron chi connectivity index (χ0n) is 30.1. The van der Waals surface area contributed by atoms with Crippen LogP contribution in [0.5, 0.6) is 11.5 Å². The summed E-state index contributed by atoms with van der Waals surface area (Å²) in [7, 11) is 0. The van der Waals surface area contributed by atoms with E-state index < -0.39 is 0 Å². The molecule has 1 heterocycles. The van der Waals surface area contributed by atoms with Crippen molar-refractivity contribution in [2.75, 3.05) is 0 Å². The minimum atomic E-state index is -0.150. The van der Waals surface area contributed by atoms with Crippen molar-refractivity contribution in [1.82, 2.24) is 0 Å². The van der Waals surface area contributed by atoms with E-state index in [0.29, 0.717) is 0 Å². The molecule has 0 fully saturated rings. The maximum Gasteiger partial charge on any atom is 0.135 e. The standard InChI is InChI=1S/C53H34O/c1-53(2)46-29-35(34-20-25-48-45(28-34)43-12-6-10-32-11-7-13-49(54-48)51(32)43)17-22-41(46)42-23-18-36(30-47(42)53)39-26-37-15-14-33-16-21-40(31-8-4-3-5-9-31)44-24-19-38(27-39)50(37)52(33)44/h3-30H,1-2H3. The van der Waals surface area contributed by atoms with E-state index in [1.165, 1.54) is 104 Å². The van der Waals surface area contributed by atoms with E-state index in [4.69, 9.17) is 4.74 Å². The fourth-order valence-electron chi connectivity index (χ4n) is 9.70. The van der Waals surface area contributed by atoms with Crippen molar-refractivity contribution < 1.29 is 4.74 Å². The summed E-state index contributed by atoms with van der Waals surface area (Å²) in [4.78, 5) is 0. The van der Waals surface area contributed by atoms with Crippen LogP contribution in [0.2, 0.25) is 0 Å². The quantitative estimate of drug-likeness (QED) is 0.168. The lowest BCUT2D eigenvalue weighted by atomic mass is 9.80. The van der Waals surface area contributed by atoms with Crippen LogP contribution in [-0.4, -0.2) is 0 Å².